The number of alkyl halides is 3. The normalized spacial score (nSPS) is 16.1. The molecule has 2 aromatic rings. The van der Waals surface area contributed by atoms with Gasteiger partial charge in [-0.3, -0.25) is 0 Å². The standard InChI is InChI=1S/C20H20F3NO2/c21-20(22,23)17-4-1-3-16(11-17)19(9-2-10-19)13-24-12-14-5-7-15(8-6-14)18(25)26/h1,3-8,11,24H,2,9-10,12-13H2,(H,25,26). The molecular formula is C20H20F3NO2. The van der Waals surface area contributed by atoms with E-state index in [2.05, 4.69) is 5.32 Å². The molecule has 0 saturated heterocycles. The van der Waals surface area contributed by atoms with Crippen molar-refractivity contribution >= 4 is 5.97 Å². The number of rotatable bonds is 6. The highest BCUT2D eigenvalue weighted by Gasteiger charge is 2.40. The molecule has 0 spiro atoms. The molecule has 26 heavy (non-hydrogen) atoms. The maximum atomic E-state index is 13.0. The number of hydrogen-bond acceptors (Lipinski definition) is 2. The minimum Gasteiger partial charge on any atom is -0.478 e. The Kier molecular flexibility index (Phi) is 5.05. The number of carboxylic acid groups (broad SMARTS) is 1. The maximum absolute atomic E-state index is 13.0. The van der Waals surface area contributed by atoms with E-state index in [9.17, 15) is 18.0 Å². The molecule has 6 heteroatoms. The van der Waals surface area contributed by atoms with Crippen molar-refractivity contribution in [1.29, 1.82) is 0 Å². The summed E-state index contributed by atoms with van der Waals surface area (Å²) < 4.78 is 39.0. The Morgan fingerprint density at radius 2 is 1.81 bits per heavy atom. The number of carboxylic acids is 1. The SMILES string of the molecule is O=C(O)c1ccc(CNCC2(c3cccc(C(F)(F)F)c3)CCC2)cc1. The number of nitrogens with one attached hydrogen (secondary N) is 1. The van der Waals surface area contributed by atoms with Crippen molar-refractivity contribution in [1.82, 2.24) is 5.32 Å². The van der Waals surface area contributed by atoms with Gasteiger partial charge in [0.05, 0.1) is 11.1 Å². The quantitative estimate of drug-likeness (QED) is 0.788. The van der Waals surface area contributed by atoms with Crippen LogP contribution in [0.25, 0.3) is 0 Å². The first-order valence-corrected chi connectivity index (χ1v) is 8.51. The van der Waals surface area contributed by atoms with Crippen LogP contribution in [-0.4, -0.2) is 17.6 Å². The summed E-state index contributed by atoms with van der Waals surface area (Å²) in [5.41, 5.74) is 1.03. The molecule has 2 aromatic carbocycles. The highest BCUT2D eigenvalue weighted by atomic mass is 19.4. The molecular weight excluding hydrogens is 343 g/mol. The summed E-state index contributed by atoms with van der Waals surface area (Å²) in [7, 11) is 0. The summed E-state index contributed by atoms with van der Waals surface area (Å²) in [6.45, 7) is 1.13. The summed E-state index contributed by atoms with van der Waals surface area (Å²) in [6.07, 6.45) is -1.61. The monoisotopic (exact) mass is 363 g/mol. The van der Waals surface area contributed by atoms with Crippen molar-refractivity contribution in [3.63, 3.8) is 0 Å². The van der Waals surface area contributed by atoms with Crippen molar-refractivity contribution in [3.8, 4) is 0 Å². The van der Waals surface area contributed by atoms with E-state index in [-0.39, 0.29) is 11.0 Å². The second-order valence-electron chi connectivity index (χ2n) is 6.82. The highest BCUT2D eigenvalue weighted by Crippen LogP contribution is 2.44. The summed E-state index contributed by atoms with van der Waals surface area (Å²) in [5, 5.41) is 12.2. The first-order valence-electron chi connectivity index (χ1n) is 8.51. The fraction of sp³-hybridized carbons (Fsp3) is 0.350. The van der Waals surface area contributed by atoms with E-state index in [0.717, 1.165) is 36.5 Å². The smallest absolute Gasteiger partial charge is 0.416 e. The molecule has 138 valence electrons. The number of hydrogen-bond donors (Lipinski definition) is 2. The summed E-state index contributed by atoms with van der Waals surface area (Å²) in [6, 6.07) is 12.2. The first kappa shape index (κ1) is 18.5. The van der Waals surface area contributed by atoms with Gasteiger partial charge in [-0.1, -0.05) is 36.8 Å². The van der Waals surface area contributed by atoms with E-state index in [1.165, 1.54) is 12.1 Å². The maximum Gasteiger partial charge on any atom is 0.416 e. The molecule has 0 heterocycles. The van der Waals surface area contributed by atoms with E-state index in [1.807, 2.05) is 0 Å². The first-order chi connectivity index (χ1) is 12.3. The Morgan fingerprint density at radius 3 is 2.35 bits per heavy atom. The van der Waals surface area contributed by atoms with E-state index in [4.69, 9.17) is 5.11 Å². The van der Waals surface area contributed by atoms with Crippen LogP contribution in [0.2, 0.25) is 0 Å². The lowest BCUT2D eigenvalue weighted by Crippen LogP contribution is -2.43. The lowest BCUT2D eigenvalue weighted by Gasteiger charge is -2.43. The van der Waals surface area contributed by atoms with Crippen molar-refractivity contribution in [2.24, 2.45) is 0 Å². The van der Waals surface area contributed by atoms with Gasteiger partial charge in [0.1, 0.15) is 0 Å². The van der Waals surface area contributed by atoms with Crippen LogP contribution in [0.5, 0.6) is 0 Å². The molecule has 3 nitrogen and oxygen atoms in total. The Bertz CT molecular complexity index is 780. The lowest BCUT2D eigenvalue weighted by molar-refractivity contribution is -0.137. The molecule has 0 bridgehead atoms. The van der Waals surface area contributed by atoms with Crippen LogP contribution in [0.3, 0.4) is 0 Å². The van der Waals surface area contributed by atoms with Gasteiger partial charge in [-0.25, -0.2) is 4.79 Å². The van der Waals surface area contributed by atoms with Crippen molar-refractivity contribution in [3.05, 3.63) is 70.8 Å². The average molecular weight is 363 g/mol. The Hall–Kier alpha value is -2.34. The number of carbonyl (C=O) groups is 1. The van der Waals surface area contributed by atoms with Crippen LogP contribution in [-0.2, 0) is 18.1 Å². The summed E-state index contributed by atoms with van der Waals surface area (Å²) in [5.74, 6) is -0.970. The highest BCUT2D eigenvalue weighted by molar-refractivity contribution is 5.87. The molecule has 1 aliphatic rings. The third-order valence-electron chi connectivity index (χ3n) is 5.11. The zero-order chi connectivity index (χ0) is 18.8. The topological polar surface area (TPSA) is 49.3 Å². The second kappa shape index (κ2) is 7.11. The molecule has 0 aliphatic heterocycles. The lowest BCUT2D eigenvalue weighted by atomic mass is 9.64. The van der Waals surface area contributed by atoms with E-state index in [1.54, 1.807) is 30.3 Å². The van der Waals surface area contributed by atoms with Crippen LogP contribution in [0.15, 0.2) is 48.5 Å². The third kappa shape index (κ3) is 3.90. The van der Waals surface area contributed by atoms with Crippen LogP contribution < -0.4 is 5.32 Å². The summed E-state index contributed by atoms with van der Waals surface area (Å²) in [4.78, 5) is 10.9. The van der Waals surface area contributed by atoms with Gasteiger partial charge in [0, 0.05) is 18.5 Å². The predicted octanol–water partition coefficient (Wildman–Crippen LogP) is 4.62. The van der Waals surface area contributed by atoms with Crippen molar-refractivity contribution < 1.29 is 23.1 Å². The van der Waals surface area contributed by atoms with Gasteiger partial charge < -0.3 is 10.4 Å². The molecule has 3 rings (SSSR count). The molecule has 0 unspecified atom stereocenters. The average Bonchev–Trinajstić information content (AvgIpc) is 2.57. The predicted molar refractivity (Wildman–Crippen MR) is 92.1 cm³/mol. The largest absolute Gasteiger partial charge is 0.478 e. The van der Waals surface area contributed by atoms with Gasteiger partial charge in [-0.05, 0) is 42.2 Å². The van der Waals surface area contributed by atoms with Crippen LogP contribution in [0.4, 0.5) is 13.2 Å². The Labute approximate surface area is 149 Å². The molecule has 1 fully saturated rings. The molecule has 0 amide bonds. The van der Waals surface area contributed by atoms with Gasteiger partial charge in [-0.2, -0.15) is 13.2 Å². The minimum absolute atomic E-state index is 0.230. The zero-order valence-electron chi connectivity index (χ0n) is 14.1. The van der Waals surface area contributed by atoms with Gasteiger partial charge in [0.25, 0.3) is 0 Å². The van der Waals surface area contributed by atoms with E-state index >= 15 is 0 Å². The van der Waals surface area contributed by atoms with Crippen molar-refractivity contribution in [2.75, 3.05) is 6.54 Å². The number of halogens is 3. The molecule has 2 N–H and O–H groups in total. The fourth-order valence-corrected chi connectivity index (χ4v) is 3.41. The number of benzene rings is 2. The second-order valence-corrected chi connectivity index (χ2v) is 6.82. The Balaban J connectivity index is 1.66. The zero-order valence-corrected chi connectivity index (χ0v) is 14.1. The summed E-state index contributed by atoms with van der Waals surface area (Å²) >= 11 is 0. The third-order valence-corrected chi connectivity index (χ3v) is 5.11. The molecule has 0 aromatic heterocycles. The van der Waals surface area contributed by atoms with Crippen LogP contribution in [0, 0.1) is 0 Å². The van der Waals surface area contributed by atoms with Crippen LogP contribution >= 0.6 is 0 Å². The number of aromatic carboxylic acids is 1. The van der Waals surface area contributed by atoms with Crippen LogP contribution in [0.1, 0.15) is 46.3 Å². The molecule has 1 saturated carbocycles. The van der Waals surface area contributed by atoms with Crippen molar-refractivity contribution in [2.45, 2.75) is 37.4 Å². The minimum atomic E-state index is -4.33. The molecule has 0 atom stereocenters. The Morgan fingerprint density at radius 1 is 1.12 bits per heavy atom. The fourth-order valence-electron chi connectivity index (χ4n) is 3.41. The molecule has 1 aliphatic carbocycles. The van der Waals surface area contributed by atoms with Gasteiger partial charge in [0.2, 0.25) is 0 Å². The molecule has 0 radical (unpaired) electrons. The van der Waals surface area contributed by atoms with Gasteiger partial charge in [-0.15, -0.1) is 0 Å². The van der Waals surface area contributed by atoms with E-state index < -0.39 is 17.7 Å². The van der Waals surface area contributed by atoms with E-state index in [0.29, 0.717) is 13.1 Å². The van der Waals surface area contributed by atoms with Gasteiger partial charge >= 0.3 is 12.1 Å². The van der Waals surface area contributed by atoms with Gasteiger partial charge in [0.15, 0.2) is 0 Å².